The lowest BCUT2D eigenvalue weighted by Gasteiger charge is -2.21. The molecule has 1 fully saturated rings. The number of hydrogen-bond donors (Lipinski definition) is 3. The summed E-state index contributed by atoms with van der Waals surface area (Å²) in [5.41, 5.74) is 3.05. The number of rotatable bonds is 5. The SMILES string of the molecule is CNC(=O)C1CCc2c(sc3nc(C4CC4)nc(Nc4cc5cn[nH]c5cc4OC)c23)C1. The van der Waals surface area contributed by atoms with Crippen LogP contribution in [0.15, 0.2) is 18.3 Å². The summed E-state index contributed by atoms with van der Waals surface area (Å²) in [6, 6.07) is 3.98. The fourth-order valence-electron chi connectivity index (χ4n) is 4.60. The normalized spacial score (nSPS) is 18.0. The molecular weight excluding hydrogens is 424 g/mol. The van der Waals surface area contributed by atoms with E-state index in [0.29, 0.717) is 5.92 Å². The van der Waals surface area contributed by atoms with Gasteiger partial charge in [-0.1, -0.05) is 0 Å². The van der Waals surface area contributed by atoms with E-state index in [2.05, 4.69) is 20.8 Å². The molecule has 3 N–H and O–H groups in total. The molecule has 4 aromatic rings. The second kappa shape index (κ2) is 7.44. The molecule has 9 heteroatoms. The first-order chi connectivity index (χ1) is 15.6. The Bertz CT molecular complexity index is 1360. The van der Waals surface area contributed by atoms with Crippen LogP contribution in [0.4, 0.5) is 11.5 Å². The minimum atomic E-state index is 0.0245. The number of aromatic nitrogens is 4. The smallest absolute Gasteiger partial charge is 0.223 e. The summed E-state index contributed by atoms with van der Waals surface area (Å²) in [5.74, 6) is 3.05. The molecule has 3 heterocycles. The van der Waals surface area contributed by atoms with E-state index in [9.17, 15) is 4.79 Å². The predicted octanol–water partition coefficient (Wildman–Crippen LogP) is 4.05. The quantitative estimate of drug-likeness (QED) is 0.425. The first-order valence-corrected chi connectivity index (χ1v) is 11.8. The molecule has 164 valence electrons. The maximum absolute atomic E-state index is 12.2. The molecule has 32 heavy (non-hydrogen) atoms. The first kappa shape index (κ1) is 19.5. The van der Waals surface area contributed by atoms with Crippen molar-refractivity contribution < 1.29 is 9.53 Å². The molecule has 2 aliphatic carbocycles. The van der Waals surface area contributed by atoms with Crippen molar-refractivity contribution in [1.29, 1.82) is 0 Å². The van der Waals surface area contributed by atoms with Crippen LogP contribution >= 0.6 is 11.3 Å². The van der Waals surface area contributed by atoms with E-state index in [-0.39, 0.29) is 11.8 Å². The minimum absolute atomic E-state index is 0.0245. The molecule has 0 radical (unpaired) electrons. The Balaban J connectivity index is 1.47. The van der Waals surface area contributed by atoms with E-state index in [1.165, 1.54) is 10.4 Å². The zero-order chi connectivity index (χ0) is 21.8. The number of benzene rings is 1. The molecule has 1 aromatic carbocycles. The second-order valence-corrected chi connectivity index (χ2v) is 9.66. The van der Waals surface area contributed by atoms with Gasteiger partial charge >= 0.3 is 0 Å². The van der Waals surface area contributed by atoms with Crippen molar-refractivity contribution in [3.05, 3.63) is 34.6 Å². The molecule has 0 spiro atoms. The van der Waals surface area contributed by atoms with Gasteiger partial charge in [0.05, 0.1) is 29.9 Å². The average molecular weight is 449 g/mol. The summed E-state index contributed by atoms with van der Waals surface area (Å²) in [7, 11) is 3.38. The van der Waals surface area contributed by atoms with Gasteiger partial charge in [0.2, 0.25) is 5.91 Å². The summed E-state index contributed by atoms with van der Waals surface area (Å²) >= 11 is 1.71. The van der Waals surface area contributed by atoms with Crippen molar-refractivity contribution in [2.45, 2.75) is 38.0 Å². The van der Waals surface area contributed by atoms with Gasteiger partial charge in [-0.3, -0.25) is 9.89 Å². The largest absolute Gasteiger partial charge is 0.494 e. The van der Waals surface area contributed by atoms with Crippen molar-refractivity contribution in [1.82, 2.24) is 25.5 Å². The van der Waals surface area contributed by atoms with Gasteiger partial charge in [-0.25, -0.2) is 9.97 Å². The zero-order valence-electron chi connectivity index (χ0n) is 18.0. The molecule has 0 saturated heterocycles. The number of aryl methyl sites for hydroxylation is 1. The number of carbonyl (C=O) groups excluding carboxylic acids is 1. The number of anilines is 2. The number of ether oxygens (including phenoxy) is 1. The van der Waals surface area contributed by atoms with Gasteiger partial charge in [-0.05, 0) is 43.7 Å². The van der Waals surface area contributed by atoms with Crippen LogP contribution in [0.25, 0.3) is 21.1 Å². The maximum Gasteiger partial charge on any atom is 0.223 e. The average Bonchev–Trinajstić information content (AvgIpc) is 3.45. The molecule has 3 aromatic heterocycles. The monoisotopic (exact) mass is 448 g/mol. The Hall–Kier alpha value is -3.20. The number of aromatic amines is 1. The molecule has 2 aliphatic rings. The highest BCUT2D eigenvalue weighted by atomic mass is 32.1. The summed E-state index contributed by atoms with van der Waals surface area (Å²) < 4.78 is 5.65. The summed E-state index contributed by atoms with van der Waals surface area (Å²) in [4.78, 5) is 24.4. The van der Waals surface area contributed by atoms with Gasteiger partial charge < -0.3 is 15.4 Å². The van der Waals surface area contributed by atoms with Gasteiger partial charge in [-0.15, -0.1) is 11.3 Å². The molecular formula is C23H24N6O2S. The van der Waals surface area contributed by atoms with Crippen LogP contribution in [-0.2, 0) is 17.6 Å². The van der Waals surface area contributed by atoms with E-state index in [0.717, 1.165) is 76.3 Å². The molecule has 1 saturated carbocycles. The number of amides is 1. The van der Waals surface area contributed by atoms with Crippen molar-refractivity contribution in [3.63, 3.8) is 0 Å². The number of carbonyl (C=O) groups is 1. The van der Waals surface area contributed by atoms with Crippen molar-refractivity contribution in [2.75, 3.05) is 19.5 Å². The van der Waals surface area contributed by atoms with Crippen LogP contribution in [0.5, 0.6) is 5.75 Å². The highest BCUT2D eigenvalue weighted by Gasteiger charge is 2.32. The highest BCUT2D eigenvalue weighted by molar-refractivity contribution is 7.19. The Morgan fingerprint density at radius 2 is 2.12 bits per heavy atom. The molecule has 0 bridgehead atoms. The molecule has 1 unspecified atom stereocenters. The van der Waals surface area contributed by atoms with Crippen LogP contribution in [0.3, 0.4) is 0 Å². The Labute approximate surface area is 188 Å². The van der Waals surface area contributed by atoms with Gasteiger partial charge in [0.15, 0.2) is 0 Å². The first-order valence-electron chi connectivity index (χ1n) is 11.0. The molecule has 1 amide bonds. The van der Waals surface area contributed by atoms with Crippen molar-refractivity contribution in [3.8, 4) is 5.75 Å². The van der Waals surface area contributed by atoms with E-state index in [1.54, 1.807) is 31.7 Å². The molecule has 8 nitrogen and oxygen atoms in total. The van der Waals surface area contributed by atoms with E-state index in [4.69, 9.17) is 14.7 Å². The summed E-state index contributed by atoms with van der Waals surface area (Å²) in [5, 5.41) is 15.6. The summed E-state index contributed by atoms with van der Waals surface area (Å²) in [6.45, 7) is 0. The number of nitrogens with one attached hydrogen (secondary N) is 3. The second-order valence-electron chi connectivity index (χ2n) is 8.58. The maximum atomic E-state index is 12.2. The standard InChI is InChI=1S/C23H24N6O2S/c1-24-22(30)12-5-6-14-18(8-12)32-23-19(14)21(27-20(28-23)11-3-4-11)26-16-7-13-10-25-29-15(13)9-17(16)31-2/h7,9-12H,3-6,8H2,1-2H3,(H,24,30)(H,25,29)(H,26,27,28). The van der Waals surface area contributed by atoms with Crippen LogP contribution in [0, 0.1) is 5.92 Å². The lowest BCUT2D eigenvalue weighted by atomic mass is 9.87. The fraction of sp³-hybridized carbons (Fsp3) is 0.391. The Kier molecular flexibility index (Phi) is 4.53. The predicted molar refractivity (Wildman–Crippen MR) is 125 cm³/mol. The fourth-order valence-corrected chi connectivity index (χ4v) is 5.91. The lowest BCUT2D eigenvalue weighted by Crippen LogP contribution is -2.31. The topological polar surface area (TPSA) is 105 Å². The number of hydrogen-bond acceptors (Lipinski definition) is 7. The van der Waals surface area contributed by atoms with Gasteiger partial charge in [0, 0.05) is 35.2 Å². The number of nitrogens with zero attached hydrogens (tertiary/aromatic N) is 3. The zero-order valence-corrected chi connectivity index (χ0v) is 18.8. The number of thiophene rings is 1. The minimum Gasteiger partial charge on any atom is -0.494 e. The lowest BCUT2D eigenvalue weighted by molar-refractivity contribution is -0.124. The third-order valence-electron chi connectivity index (χ3n) is 6.50. The van der Waals surface area contributed by atoms with Gasteiger partial charge in [0.1, 0.15) is 22.2 Å². The highest BCUT2D eigenvalue weighted by Crippen LogP contribution is 2.45. The number of methoxy groups -OCH3 is 1. The number of H-pyrrole nitrogens is 1. The number of fused-ring (bicyclic) bond motifs is 4. The Morgan fingerprint density at radius 1 is 1.25 bits per heavy atom. The van der Waals surface area contributed by atoms with E-state index in [1.807, 2.05) is 12.1 Å². The van der Waals surface area contributed by atoms with Crippen molar-refractivity contribution >= 4 is 49.9 Å². The molecule has 1 atom stereocenters. The van der Waals surface area contributed by atoms with Crippen LogP contribution in [0.1, 0.15) is 41.4 Å². The van der Waals surface area contributed by atoms with Crippen LogP contribution in [0.2, 0.25) is 0 Å². The van der Waals surface area contributed by atoms with Crippen LogP contribution < -0.4 is 15.4 Å². The van der Waals surface area contributed by atoms with E-state index < -0.39 is 0 Å². The van der Waals surface area contributed by atoms with Crippen molar-refractivity contribution in [2.24, 2.45) is 5.92 Å². The third-order valence-corrected chi connectivity index (χ3v) is 7.65. The van der Waals surface area contributed by atoms with Crippen LogP contribution in [-0.4, -0.2) is 40.2 Å². The third kappa shape index (κ3) is 3.19. The summed E-state index contributed by atoms with van der Waals surface area (Å²) in [6.07, 6.45) is 6.53. The van der Waals surface area contributed by atoms with Gasteiger partial charge in [0.25, 0.3) is 0 Å². The Morgan fingerprint density at radius 3 is 2.91 bits per heavy atom. The van der Waals surface area contributed by atoms with E-state index >= 15 is 0 Å². The molecule has 6 rings (SSSR count). The van der Waals surface area contributed by atoms with Gasteiger partial charge in [-0.2, -0.15) is 5.10 Å². The molecule has 0 aliphatic heterocycles.